The molecule has 2 rings (SSSR count). The predicted molar refractivity (Wildman–Crippen MR) is 92.0 cm³/mol. The second-order valence-corrected chi connectivity index (χ2v) is 5.74. The normalized spacial score (nSPS) is 11.5. The van der Waals surface area contributed by atoms with Crippen LogP contribution in [0.2, 0.25) is 0 Å². The molecule has 0 saturated heterocycles. The monoisotopic (exact) mass is 345 g/mol. The first kappa shape index (κ1) is 18.4. The summed E-state index contributed by atoms with van der Waals surface area (Å²) in [7, 11) is 0. The fourth-order valence-electron chi connectivity index (χ4n) is 2.25. The molecule has 0 bridgehead atoms. The minimum Gasteiger partial charge on any atom is -0.482 e. The summed E-state index contributed by atoms with van der Waals surface area (Å²) in [5.74, 6) is -1.12. The number of rotatable bonds is 6. The number of anilines is 1. The third kappa shape index (κ3) is 5.91. The van der Waals surface area contributed by atoms with Gasteiger partial charge in [-0.25, -0.2) is 9.18 Å². The molecular formula is C19H20FNO4. The van der Waals surface area contributed by atoms with E-state index >= 15 is 0 Å². The van der Waals surface area contributed by atoms with Crippen LogP contribution >= 0.6 is 0 Å². The molecule has 1 amide bonds. The number of carbonyl (C=O) groups excluding carboxylic acids is 2. The van der Waals surface area contributed by atoms with Gasteiger partial charge < -0.3 is 14.8 Å². The second kappa shape index (κ2) is 8.28. The number of esters is 1. The predicted octanol–water partition coefficient (Wildman–Crippen LogP) is 3.39. The van der Waals surface area contributed by atoms with Crippen LogP contribution in [-0.2, 0) is 14.3 Å². The first-order valence-electron chi connectivity index (χ1n) is 7.80. The van der Waals surface area contributed by atoms with Crippen molar-refractivity contribution < 1.29 is 23.5 Å². The Bertz CT molecular complexity index is 756. The number of nitrogens with one attached hydrogen (secondary N) is 1. The molecule has 0 radical (unpaired) electrons. The second-order valence-electron chi connectivity index (χ2n) is 5.74. The van der Waals surface area contributed by atoms with Crippen molar-refractivity contribution >= 4 is 17.6 Å². The molecular weight excluding hydrogens is 325 g/mol. The van der Waals surface area contributed by atoms with Crippen LogP contribution < -0.4 is 10.1 Å². The van der Waals surface area contributed by atoms with Gasteiger partial charge >= 0.3 is 5.97 Å². The largest absolute Gasteiger partial charge is 0.482 e. The van der Waals surface area contributed by atoms with Gasteiger partial charge in [-0.05, 0) is 62.2 Å². The van der Waals surface area contributed by atoms with E-state index in [4.69, 9.17) is 9.47 Å². The van der Waals surface area contributed by atoms with E-state index in [0.717, 1.165) is 11.1 Å². The molecule has 1 N–H and O–H groups in total. The first-order chi connectivity index (χ1) is 11.8. The fourth-order valence-corrected chi connectivity index (χ4v) is 2.25. The summed E-state index contributed by atoms with van der Waals surface area (Å²) < 4.78 is 23.5. The Labute approximate surface area is 145 Å². The van der Waals surface area contributed by atoms with E-state index < -0.39 is 23.8 Å². The zero-order valence-electron chi connectivity index (χ0n) is 14.3. The Morgan fingerprint density at radius 1 is 1.12 bits per heavy atom. The smallest absolute Gasteiger partial charge is 0.344 e. The summed E-state index contributed by atoms with van der Waals surface area (Å²) in [4.78, 5) is 23.8. The number of aryl methyl sites for hydroxylation is 2. The Kier molecular flexibility index (Phi) is 6.11. The van der Waals surface area contributed by atoms with Crippen LogP contribution in [0.3, 0.4) is 0 Å². The molecule has 6 heteroatoms. The number of ether oxygens (including phenoxy) is 2. The van der Waals surface area contributed by atoms with Crippen molar-refractivity contribution in [2.24, 2.45) is 0 Å². The molecule has 0 aliphatic heterocycles. The lowest BCUT2D eigenvalue weighted by Crippen LogP contribution is -2.31. The summed E-state index contributed by atoms with van der Waals surface area (Å²) in [5.41, 5.74) is 2.33. The molecule has 2 aromatic carbocycles. The van der Waals surface area contributed by atoms with E-state index in [2.05, 4.69) is 5.32 Å². The Morgan fingerprint density at radius 2 is 1.80 bits per heavy atom. The van der Waals surface area contributed by atoms with Gasteiger partial charge in [-0.3, -0.25) is 4.79 Å². The number of hydrogen-bond donors (Lipinski definition) is 1. The number of hydrogen-bond acceptors (Lipinski definition) is 4. The van der Waals surface area contributed by atoms with Crippen molar-refractivity contribution in [3.63, 3.8) is 0 Å². The molecule has 0 fully saturated rings. The van der Waals surface area contributed by atoms with Crippen molar-refractivity contribution in [2.45, 2.75) is 26.9 Å². The Balaban J connectivity index is 1.83. The lowest BCUT2D eigenvalue weighted by atomic mass is 10.1. The quantitative estimate of drug-likeness (QED) is 0.815. The zero-order valence-corrected chi connectivity index (χ0v) is 14.3. The SMILES string of the molecule is Cc1cc(C)cc(OCC(=O)OC(C)C(=O)Nc2cccc(F)c2)c1. The minimum absolute atomic E-state index is 0.291. The van der Waals surface area contributed by atoms with E-state index in [1.54, 1.807) is 18.2 Å². The molecule has 0 spiro atoms. The van der Waals surface area contributed by atoms with Gasteiger partial charge in [0.25, 0.3) is 5.91 Å². The molecule has 2 aromatic rings. The molecule has 1 unspecified atom stereocenters. The maximum Gasteiger partial charge on any atom is 0.344 e. The average Bonchev–Trinajstić information content (AvgIpc) is 2.52. The maximum absolute atomic E-state index is 13.1. The average molecular weight is 345 g/mol. The van der Waals surface area contributed by atoms with Crippen molar-refractivity contribution in [1.82, 2.24) is 0 Å². The highest BCUT2D eigenvalue weighted by Gasteiger charge is 2.18. The summed E-state index contributed by atoms with van der Waals surface area (Å²) >= 11 is 0. The molecule has 5 nitrogen and oxygen atoms in total. The molecule has 0 aromatic heterocycles. The topological polar surface area (TPSA) is 64.6 Å². The zero-order chi connectivity index (χ0) is 18.4. The molecule has 1 atom stereocenters. The number of amides is 1. The van der Waals surface area contributed by atoms with Gasteiger partial charge in [-0.1, -0.05) is 12.1 Å². The van der Waals surface area contributed by atoms with Gasteiger partial charge in [0.1, 0.15) is 11.6 Å². The van der Waals surface area contributed by atoms with Gasteiger partial charge in [-0.15, -0.1) is 0 Å². The van der Waals surface area contributed by atoms with E-state index in [1.807, 2.05) is 19.9 Å². The molecule has 132 valence electrons. The fraction of sp³-hybridized carbons (Fsp3) is 0.263. The summed E-state index contributed by atoms with van der Waals surface area (Å²) in [6.07, 6.45) is -1.03. The molecule has 0 aliphatic carbocycles. The molecule has 25 heavy (non-hydrogen) atoms. The Morgan fingerprint density at radius 3 is 2.44 bits per heavy atom. The first-order valence-corrected chi connectivity index (χ1v) is 7.80. The van der Waals surface area contributed by atoms with Gasteiger partial charge in [0.05, 0.1) is 0 Å². The lowest BCUT2D eigenvalue weighted by molar-refractivity contribution is -0.155. The summed E-state index contributed by atoms with van der Waals surface area (Å²) in [6.45, 7) is 4.98. The number of benzene rings is 2. The van der Waals surface area contributed by atoms with Crippen molar-refractivity contribution in [1.29, 1.82) is 0 Å². The van der Waals surface area contributed by atoms with Crippen LogP contribution in [0.25, 0.3) is 0 Å². The van der Waals surface area contributed by atoms with E-state index in [-0.39, 0.29) is 6.61 Å². The third-order valence-corrected chi connectivity index (χ3v) is 3.32. The maximum atomic E-state index is 13.1. The Hall–Kier alpha value is -2.89. The van der Waals surface area contributed by atoms with Gasteiger partial charge in [0, 0.05) is 5.69 Å². The van der Waals surface area contributed by atoms with Crippen molar-refractivity contribution in [3.05, 3.63) is 59.4 Å². The van der Waals surface area contributed by atoms with Crippen LogP contribution in [0, 0.1) is 19.7 Å². The minimum atomic E-state index is -1.03. The van der Waals surface area contributed by atoms with E-state index in [9.17, 15) is 14.0 Å². The lowest BCUT2D eigenvalue weighted by Gasteiger charge is -2.14. The third-order valence-electron chi connectivity index (χ3n) is 3.32. The molecule has 0 aliphatic rings. The summed E-state index contributed by atoms with van der Waals surface area (Å²) in [6, 6.07) is 11.1. The highest BCUT2D eigenvalue weighted by Crippen LogP contribution is 2.16. The van der Waals surface area contributed by atoms with Gasteiger partial charge in [-0.2, -0.15) is 0 Å². The highest BCUT2D eigenvalue weighted by atomic mass is 19.1. The number of carbonyl (C=O) groups is 2. The molecule has 0 saturated carbocycles. The van der Waals surface area contributed by atoms with Gasteiger partial charge in [0.2, 0.25) is 0 Å². The van der Waals surface area contributed by atoms with Crippen molar-refractivity contribution in [2.75, 3.05) is 11.9 Å². The van der Waals surface area contributed by atoms with Crippen LogP contribution in [-0.4, -0.2) is 24.6 Å². The van der Waals surface area contributed by atoms with E-state index in [1.165, 1.54) is 25.1 Å². The van der Waals surface area contributed by atoms with Crippen LogP contribution in [0.4, 0.5) is 10.1 Å². The summed E-state index contributed by atoms with van der Waals surface area (Å²) in [5, 5.41) is 2.48. The van der Waals surface area contributed by atoms with Crippen molar-refractivity contribution in [3.8, 4) is 5.75 Å². The molecule has 0 heterocycles. The van der Waals surface area contributed by atoms with Crippen LogP contribution in [0.15, 0.2) is 42.5 Å². The van der Waals surface area contributed by atoms with Crippen LogP contribution in [0.1, 0.15) is 18.1 Å². The number of halogens is 1. The standard InChI is InChI=1S/C19H20FNO4/c1-12-7-13(2)9-17(8-12)24-11-18(22)25-14(3)19(23)21-16-6-4-5-15(20)10-16/h4-10,14H,11H2,1-3H3,(H,21,23). The van der Waals surface area contributed by atoms with Crippen LogP contribution in [0.5, 0.6) is 5.75 Å². The van der Waals surface area contributed by atoms with E-state index in [0.29, 0.717) is 11.4 Å². The highest BCUT2D eigenvalue weighted by molar-refractivity contribution is 5.95. The van der Waals surface area contributed by atoms with Gasteiger partial charge in [0.15, 0.2) is 12.7 Å².